The fourth-order valence-electron chi connectivity index (χ4n) is 4.70. The molecule has 0 N–H and O–H groups in total. The van der Waals surface area contributed by atoms with Gasteiger partial charge >= 0.3 is 0 Å². The summed E-state index contributed by atoms with van der Waals surface area (Å²) in [6, 6.07) is 15.8. The highest BCUT2D eigenvalue weighted by Crippen LogP contribution is 2.53. The van der Waals surface area contributed by atoms with Crippen molar-refractivity contribution in [2.45, 2.75) is 6.42 Å². The third kappa shape index (κ3) is 2.58. The fraction of sp³-hybridized carbons (Fsp3) is 0.261. The molecule has 28 heavy (non-hydrogen) atoms. The molecule has 2 amide bonds. The number of allylic oxidation sites excluding steroid dienone is 2. The van der Waals surface area contributed by atoms with Crippen LogP contribution in [0.5, 0.6) is 5.75 Å². The van der Waals surface area contributed by atoms with Gasteiger partial charge in [0, 0.05) is 5.56 Å². The molecule has 0 radical (unpaired) electrons. The Morgan fingerprint density at radius 2 is 1.50 bits per heavy atom. The van der Waals surface area contributed by atoms with Crippen LogP contribution in [0.25, 0.3) is 0 Å². The highest BCUT2D eigenvalue weighted by molar-refractivity contribution is 6.22. The van der Waals surface area contributed by atoms with Crippen molar-refractivity contribution in [2.75, 3.05) is 11.5 Å². The molecule has 2 fully saturated rings. The summed E-state index contributed by atoms with van der Waals surface area (Å²) in [7, 11) is 0. The van der Waals surface area contributed by atoms with E-state index in [1.807, 2.05) is 18.2 Å². The number of anilines is 1. The first-order chi connectivity index (χ1) is 13.6. The van der Waals surface area contributed by atoms with E-state index in [2.05, 4.69) is 12.2 Å². The minimum atomic E-state index is -0.207. The molecule has 140 valence electrons. The van der Waals surface area contributed by atoms with E-state index in [1.165, 1.54) is 4.90 Å². The highest BCUT2D eigenvalue weighted by Gasteiger charge is 2.59. The number of hydrogen-bond acceptors (Lipinski definition) is 4. The summed E-state index contributed by atoms with van der Waals surface area (Å²) in [6.45, 7) is -0.0654. The number of carbonyl (C=O) groups is 3. The Kier molecular flexibility index (Phi) is 3.90. The van der Waals surface area contributed by atoms with Crippen LogP contribution in [0.1, 0.15) is 16.8 Å². The van der Waals surface area contributed by atoms with Gasteiger partial charge in [-0.2, -0.15) is 0 Å². The maximum atomic E-state index is 12.8. The third-order valence-corrected chi connectivity index (χ3v) is 6.03. The Labute approximate surface area is 162 Å². The molecule has 1 aliphatic heterocycles. The molecule has 2 aromatic rings. The van der Waals surface area contributed by atoms with Crippen molar-refractivity contribution >= 4 is 23.3 Å². The fourth-order valence-corrected chi connectivity index (χ4v) is 4.70. The Morgan fingerprint density at radius 1 is 0.893 bits per heavy atom. The van der Waals surface area contributed by atoms with E-state index < -0.39 is 0 Å². The van der Waals surface area contributed by atoms with Crippen molar-refractivity contribution in [1.82, 2.24) is 0 Å². The molecule has 5 heteroatoms. The largest absolute Gasteiger partial charge is 0.485 e. The second kappa shape index (κ2) is 6.44. The second-order valence-electron chi connectivity index (χ2n) is 7.58. The Morgan fingerprint density at radius 3 is 2.11 bits per heavy atom. The first-order valence-corrected chi connectivity index (χ1v) is 9.51. The van der Waals surface area contributed by atoms with Crippen LogP contribution in [0.4, 0.5) is 5.69 Å². The molecule has 1 saturated heterocycles. The topological polar surface area (TPSA) is 63.7 Å². The molecule has 0 aromatic heterocycles. The van der Waals surface area contributed by atoms with Crippen LogP contribution in [-0.4, -0.2) is 24.2 Å². The quantitative estimate of drug-likeness (QED) is 0.458. The van der Waals surface area contributed by atoms with Gasteiger partial charge in [0.15, 0.2) is 12.4 Å². The summed E-state index contributed by atoms with van der Waals surface area (Å²) < 4.78 is 5.56. The van der Waals surface area contributed by atoms with Gasteiger partial charge in [-0.1, -0.05) is 42.5 Å². The van der Waals surface area contributed by atoms with E-state index in [1.54, 1.807) is 36.4 Å². The van der Waals surface area contributed by atoms with Crippen molar-refractivity contribution in [1.29, 1.82) is 0 Å². The predicted molar refractivity (Wildman–Crippen MR) is 103 cm³/mol. The normalized spacial score (nSPS) is 27.4. The van der Waals surface area contributed by atoms with Crippen LogP contribution in [0.2, 0.25) is 0 Å². The van der Waals surface area contributed by atoms with E-state index >= 15 is 0 Å². The van der Waals surface area contributed by atoms with Gasteiger partial charge in [-0.3, -0.25) is 19.3 Å². The van der Waals surface area contributed by atoms with Gasteiger partial charge in [-0.15, -0.1) is 0 Å². The summed E-state index contributed by atoms with van der Waals surface area (Å²) in [5, 5.41) is 0. The lowest BCUT2D eigenvalue weighted by molar-refractivity contribution is -0.123. The van der Waals surface area contributed by atoms with Crippen molar-refractivity contribution in [3.8, 4) is 5.75 Å². The van der Waals surface area contributed by atoms with Gasteiger partial charge in [0.2, 0.25) is 11.8 Å². The molecular formula is C23H19NO4. The monoisotopic (exact) mass is 373 g/mol. The van der Waals surface area contributed by atoms with E-state index in [0.717, 1.165) is 6.42 Å². The number of nitrogens with zero attached hydrogens (tertiary/aromatic N) is 1. The molecule has 0 unspecified atom stereocenters. The van der Waals surface area contributed by atoms with Crippen molar-refractivity contribution in [3.63, 3.8) is 0 Å². The minimum absolute atomic E-state index is 0.0654. The Bertz CT molecular complexity index is 949. The van der Waals surface area contributed by atoms with Crippen molar-refractivity contribution in [2.24, 2.45) is 23.7 Å². The molecule has 2 aromatic carbocycles. The summed E-state index contributed by atoms with van der Waals surface area (Å²) in [5.41, 5.74) is 1.16. The Hall–Kier alpha value is -3.21. The lowest BCUT2D eigenvalue weighted by atomic mass is 9.85. The lowest BCUT2D eigenvalue weighted by Gasteiger charge is -2.17. The third-order valence-electron chi connectivity index (χ3n) is 6.03. The minimum Gasteiger partial charge on any atom is -0.485 e. The number of Topliss-reactive ketones (excluding diaryl/α,β-unsaturated/α-hetero) is 1. The number of benzene rings is 2. The van der Waals surface area contributed by atoms with Gasteiger partial charge in [-0.05, 0) is 42.5 Å². The van der Waals surface area contributed by atoms with E-state index in [9.17, 15) is 14.4 Å². The van der Waals surface area contributed by atoms with Gasteiger partial charge < -0.3 is 4.74 Å². The number of carbonyl (C=O) groups excluding carboxylic acids is 3. The zero-order valence-electron chi connectivity index (χ0n) is 15.2. The molecule has 1 saturated carbocycles. The maximum Gasteiger partial charge on any atom is 0.238 e. The number of fused-ring (bicyclic) bond motifs is 5. The molecule has 4 atom stereocenters. The van der Waals surface area contributed by atoms with Crippen LogP contribution in [-0.2, 0) is 9.59 Å². The number of ether oxygens (including phenoxy) is 1. The maximum absolute atomic E-state index is 12.8. The smallest absolute Gasteiger partial charge is 0.238 e. The first-order valence-electron chi connectivity index (χ1n) is 9.51. The lowest BCUT2D eigenvalue weighted by Crippen LogP contribution is -2.32. The zero-order chi connectivity index (χ0) is 19.3. The predicted octanol–water partition coefficient (Wildman–Crippen LogP) is 3.26. The highest BCUT2D eigenvalue weighted by atomic mass is 16.5. The number of amides is 2. The van der Waals surface area contributed by atoms with Crippen LogP contribution in [0, 0.1) is 23.7 Å². The summed E-state index contributed by atoms with van der Waals surface area (Å²) in [6.07, 6.45) is 5.09. The van der Waals surface area contributed by atoms with E-state index in [4.69, 9.17) is 4.74 Å². The first kappa shape index (κ1) is 16.9. The number of hydrogen-bond donors (Lipinski definition) is 0. The average molecular weight is 373 g/mol. The van der Waals surface area contributed by atoms with Crippen LogP contribution in [0.3, 0.4) is 0 Å². The molecule has 1 heterocycles. The summed E-state index contributed by atoms with van der Waals surface area (Å²) in [4.78, 5) is 39.1. The van der Waals surface area contributed by atoms with Gasteiger partial charge in [0.25, 0.3) is 0 Å². The van der Waals surface area contributed by atoms with Crippen LogP contribution in [0.15, 0.2) is 66.7 Å². The SMILES string of the molecule is O=C(COc1ccc(N2C(=O)[C@@H]3[C@H](C2=O)[C@@H]2C=C[C@H]3C2)cc1)c1ccccc1. The van der Waals surface area contributed by atoms with E-state index in [0.29, 0.717) is 17.0 Å². The molecule has 2 bridgehead atoms. The average Bonchev–Trinajstić information content (AvgIpc) is 3.41. The van der Waals surface area contributed by atoms with Crippen molar-refractivity contribution in [3.05, 3.63) is 72.3 Å². The second-order valence-corrected chi connectivity index (χ2v) is 7.58. The van der Waals surface area contributed by atoms with Crippen molar-refractivity contribution < 1.29 is 19.1 Å². The molecule has 5 rings (SSSR count). The Balaban J connectivity index is 1.28. The van der Waals surface area contributed by atoms with Crippen LogP contribution >= 0.6 is 0 Å². The number of ketones is 1. The summed E-state index contributed by atoms with van der Waals surface area (Å²) in [5.74, 6) is 0.203. The molecule has 5 nitrogen and oxygen atoms in total. The van der Waals surface area contributed by atoms with Gasteiger partial charge in [0.05, 0.1) is 17.5 Å². The van der Waals surface area contributed by atoms with Gasteiger partial charge in [0.1, 0.15) is 5.75 Å². The van der Waals surface area contributed by atoms with E-state index in [-0.39, 0.29) is 47.9 Å². The molecule has 2 aliphatic carbocycles. The summed E-state index contributed by atoms with van der Waals surface area (Å²) >= 11 is 0. The number of imide groups is 1. The molecular weight excluding hydrogens is 354 g/mol. The van der Waals surface area contributed by atoms with Crippen LogP contribution < -0.4 is 9.64 Å². The molecule has 3 aliphatic rings. The standard InChI is InChI=1S/C23H19NO4/c25-19(14-4-2-1-3-5-14)13-28-18-10-8-17(9-11-18)24-22(26)20-15-6-7-16(12-15)21(20)23(24)27/h1-11,15-16,20-21H,12-13H2/t15-,16+,20-,21+. The molecule has 0 spiro atoms. The number of rotatable bonds is 5. The van der Waals surface area contributed by atoms with Gasteiger partial charge in [-0.25, -0.2) is 0 Å². The zero-order valence-corrected chi connectivity index (χ0v) is 15.2.